The summed E-state index contributed by atoms with van der Waals surface area (Å²) in [5, 5.41) is 2.70. The predicted molar refractivity (Wildman–Crippen MR) is 92.1 cm³/mol. The maximum atomic E-state index is 12.4. The Labute approximate surface area is 149 Å². The fourth-order valence-electron chi connectivity index (χ4n) is 2.87. The van der Waals surface area contributed by atoms with Crippen molar-refractivity contribution in [2.45, 2.75) is 25.1 Å². The van der Waals surface area contributed by atoms with Gasteiger partial charge in [-0.05, 0) is 24.6 Å². The Kier molecular flexibility index (Phi) is 5.65. The van der Waals surface area contributed by atoms with Gasteiger partial charge in [0.2, 0.25) is 5.91 Å². The zero-order chi connectivity index (χ0) is 18.5. The number of hydrogen-bond donors (Lipinski definition) is 3. The van der Waals surface area contributed by atoms with Crippen LogP contribution in [-0.4, -0.2) is 25.7 Å². The van der Waals surface area contributed by atoms with Crippen LogP contribution in [0.4, 0.5) is 14.5 Å². The molecule has 1 fully saturated rings. The number of hydrogen-bond acceptors (Lipinski definition) is 5. The number of amides is 1. The van der Waals surface area contributed by atoms with E-state index in [2.05, 4.69) is 20.9 Å². The van der Waals surface area contributed by atoms with E-state index in [0.717, 1.165) is 11.3 Å². The molecule has 0 aromatic heterocycles. The van der Waals surface area contributed by atoms with Gasteiger partial charge >= 0.3 is 6.61 Å². The Balaban J connectivity index is 1.63. The second kappa shape index (κ2) is 8.11. The molecule has 1 heterocycles. The van der Waals surface area contributed by atoms with E-state index in [0.29, 0.717) is 12.1 Å². The van der Waals surface area contributed by atoms with E-state index in [1.165, 1.54) is 18.2 Å². The van der Waals surface area contributed by atoms with Gasteiger partial charge in [-0.2, -0.15) is 8.78 Å². The highest BCUT2D eigenvalue weighted by molar-refractivity contribution is 5.95. The second-order valence-corrected chi connectivity index (χ2v) is 5.77. The molecule has 0 bridgehead atoms. The molecule has 1 saturated heterocycles. The maximum absolute atomic E-state index is 12.4. The van der Waals surface area contributed by atoms with E-state index >= 15 is 0 Å². The van der Waals surface area contributed by atoms with Crippen molar-refractivity contribution in [3.05, 3.63) is 54.1 Å². The van der Waals surface area contributed by atoms with Crippen molar-refractivity contribution in [3.63, 3.8) is 0 Å². The molecule has 3 rings (SSSR count). The Morgan fingerprint density at radius 1 is 1.19 bits per heavy atom. The van der Waals surface area contributed by atoms with Gasteiger partial charge in [0.15, 0.2) is 0 Å². The van der Waals surface area contributed by atoms with Crippen LogP contribution in [0, 0.1) is 0 Å². The number of nitrogens with one attached hydrogen (secondary N) is 3. The van der Waals surface area contributed by atoms with E-state index in [1.54, 1.807) is 13.2 Å². The van der Waals surface area contributed by atoms with Crippen LogP contribution in [0.2, 0.25) is 0 Å². The van der Waals surface area contributed by atoms with Crippen LogP contribution in [0.5, 0.6) is 11.5 Å². The summed E-state index contributed by atoms with van der Waals surface area (Å²) < 4.78 is 34.3. The molecular weight excluding hydrogens is 344 g/mol. The van der Waals surface area contributed by atoms with Crippen LogP contribution >= 0.6 is 0 Å². The third-order valence-electron chi connectivity index (χ3n) is 4.06. The lowest BCUT2D eigenvalue weighted by Gasteiger charge is -2.14. The van der Waals surface area contributed by atoms with Crippen LogP contribution in [-0.2, 0) is 4.79 Å². The van der Waals surface area contributed by atoms with Gasteiger partial charge in [-0.3, -0.25) is 4.79 Å². The van der Waals surface area contributed by atoms with Crippen LogP contribution in [0.3, 0.4) is 0 Å². The summed E-state index contributed by atoms with van der Waals surface area (Å²) in [6.07, 6.45) is 0.513. The number of para-hydroxylation sites is 1. The van der Waals surface area contributed by atoms with Gasteiger partial charge in [0.25, 0.3) is 0 Å². The van der Waals surface area contributed by atoms with Crippen LogP contribution in [0.15, 0.2) is 48.5 Å². The maximum Gasteiger partial charge on any atom is 0.387 e. The van der Waals surface area contributed by atoms with Gasteiger partial charge in [-0.25, -0.2) is 10.9 Å². The minimum absolute atomic E-state index is 0.0118. The molecule has 6 nitrogen and oxygen atoms in total. The molecule has 1 aliphatic heterocycles. The fourth-order valence-corrected chi connectivity index (χ4v) is 2.87. The summed E-state index contributed by atoms with van der Waals surface area (Å²) in [5.74, 6) is 0.455. The predicted octanol–water partition coefficient (Wildman–Crippen LogP) is 2.84. The largest absolute Gasteiger partial charge is 0.496 e. The van der Waals surface area contributed by atoms with Gasteiger partial charge in [0.1, 0.15) is 17.5 Å². The molecular formula is C18H19F2N3O3. The lowest BCUT2D eigenvalue weighted by molar-refractivity contribution is -0.117. The normalized spacial score (nSPS) is 19.4. The van der Waals surface area contributed by atoms with Gasteiger partial charge in [0.05, 0.1) is 13.2 Å². The number of alkyl halides is 2. The lowest BCUT2D eigenvalue weighted by Crippen LogP contribution is -2.39. The minimum atomic E-state index is -2.91. The van der Waals surface area contributed by atoms with Gasteiger partial charge < -0.3 is 14.8 Å². The average Bonchev–Trinajstić information content (AvgIpc) is 3.11. The molecule has 0 aliphatic carbocycles. The van der Waals surface area contributed by atoms with E-state index in [9.17, 15) is 13.6 Å². The van der Waals surface area contributed by atoms with Crippen molar-refractivity contribution in [3.8, 4) is 11.5 Å². The molecule has 2 unspecified atom stereocenters. The molecule has 138 valence electrons. The number of carbonyl (C=O) groups excluding carboxylic acids is 1. The number of methoxy groups -OCH3 is 1. The molecule has 1 aliphatic rings. The van der Waals surface area contributed by atoms with E-state index in [4.69, 9.17) is 4.74 Å². The van der Waals surface area contributed by atoms with Crippen molar-refractivity contribution in [1.82, 2.24) is 10.9 Å². The summed E-state index contributed by atoms with van der Waals surface area (Å²) in [7, 11) is 1.60. The van der Waals surface area contributed by atoms with Crippen molar-refractivity contribution >= 4 is 11.6 Å². The Morgan fingerprint density at radius 3 is 2.77 bits per heavy atom. The first kappa shape index (κ1) is 18.1. The lowest BCUT2D eigenvalue weighted by atomic mass is 10.0. The molecule has 2 atom stereocenters. The number of rotatable bonds is 6. The smallest absolute Gasteiger partial charge is 0.387 e. The summed E-state index contributed by atoms with van der Waals surface area (Å²) >= 11 is 0. The number of halogens is 2. The number of anilines is 1. The first-order valence-electron chi connectivity index (χ1n) is 8.06. The summed E-state index contributed by atoms with van der Waals surface area (Å²) in [5.41, 5.74) is 7.38. The second-order valence-electron chi connectivity index (χ2n) is 5.77. The number of ether oxygens (including phenoxy) is 2. The van der Waals surface area contributed by atoms with Crippen molar-refractivity contribution in [1.29, 1.82) is 0 Å². The van der Waals surface area contributed by atoms with Gasteiger partial charge in [-0.1, -0.05) is 24.3 Å². The molecule has 2 aromatic carbocycles. The molecule has 0 spiro atoms. The summed E-state index contributed by atoms with van der Waals surface area (Å²) in [6.45, 7) is -2.91. The molecule has 0 radical (unpaired) electrons. The standard InChI is InChI=1S/C18H19F2N3O3/c1-25-16-8-3-2-7-13(16)14-10-15(23-22-14)17(24)21-11-5-4-6-12(9-11)26-18(19)20/h2-9,14-15,18,22-23H,10H2,1H3,(H,21,24). The number of hydrazine groups is 1. The molecule has 1 amide bonds. The van der Waals surface area contributed by atoms with E-state index in [-0.39, 0.29) is 17.7 Å². The quantitative estimate of drug-likeness (QED) is 0.736. The zero-order valence-corrected chi connectivity index (χ0v) is 14.0. The van der Waals surface area contributed by atoms with Crippen molar-refractivity contribution < 1.29 is 23.0 Å². The van der Waals surface area contributed by atoms with Crippen molar-refractivity contribution in [2.75, 3.05) is 12.4 Å². The van der Waals surface area contributed by atoms with Crippen LogP contribution < -0.4 is 25.6 Å². The Bertz CT molecular complexity index is 773. The third-order valence-corrected chi connectivity index (χ3v) is 4.06. The molecule has 0 saturated carbocycles. The topological polar surface area (TPSA) is 71.6 Å². The van der Waals surface area contributed by atoms with Crippen LogP contribution in [0.1, 0.15) is 18.0 Å². The fraction of sp³-hybridized carbons (Fsp3) is 0.278. The highest BCUT2D eigenvalue weighted by Crippen LogP contribution is 2.30. The Morgan fingerprint density at radius 2 is 2.00 bits per heavy atom. The molecule has 26 heavy (non-hydrogen) atoms. The van der Waals surface area contributed by atoms with Gasteiger partial charge in [0, 0.05) is 17.3 Å². The van der Waals surface area contributed by atoms with Crippen LogP contribution in [0.25, 0.3) is 0 Å². The zero-order valence-electron chi connectivity index (χ0n) is 14.0. The summed E-state index contributed by atoms with van der Waals surface area (Å²) in [4.78, 5) is 12.4. The van der Waals surface area contributed by atoms with Gasteiger partial charge in [-0.15, -0.1) is 0 Å². The average molecular weight is 363 g/mol. The van der Waals surface area contributed by atoms with E-state index in [1.807, 2.05) is 24.3 Å². The highest BCUT2D eigenvalue weighted by atomic mass is 19.3. The molecule has 2 aromatic rings. The third kappa shape index (κ3) is 4.27. The molecule has 8 heteroatoms. The monoisotopic (exact) mass is 363 g/mol. The Hall–Kier alpha value is -2.71. The SMILES string of the molecule is COc1ccccc1C1CC(C(=O)Nc2cccc(OC(F)F)c2)NN1. The minimum Gasteiger partial charge on any atom is -0.496 e. The molecule has 3 N–H and O–H groups in total. The highest BCUT2D eigenvalue weighted by Gasteiger charge is 2.31. The summed E-state index contributed by atoms with van der Waals surface area (Å²) in [6, 6.07) is 12.9. The van der Waals surface area contributed by atoms with E-state index < -0.39 is 12.7 Å². The first-order chi connectivity index (χ1) is 12.6. The number of benzene rings is 2. The number of carbonyl (C=O) groups is 1. The first-order valence-corrected chi connectivity index (χ1v) is 8.06. The van der Waals surface area contributed by atoms with Crippen molar-refractivity contribution in [2.24, 2.45) is 0 Å².